The Morgan fingerprint density at radius 2 is 2.10 bits per heavy atom. The molecule has 0 amide bonds. The predicted octanol–water partition coefficient (Wildman–Crippen LogP) is 3.52. The van der Waals surface area contributed by atoms with Gasteiger partial charge in [-0.3, -0.25) is 0 Å². The van der Waals surface area contributed by atoms with Gasteiger partial charge in [0.05, 0.1) is 23.0 Å². The highest BCUT2D eigenvalue weighted by molar-refractivity contribution is 5.70. The van der Waals surface area contributed by atoms with Crippen molar-refractivity contribution >= 4 is 11.4 Å². The number of nitriles is 1. The van der Waals surface area contributed by atoms with Crippen LogP contribution in [0.5, 0.6) is 0 Å². The van der Waals surface area contributed by atoms with Crippen molar-refractivity contribution in [2.24, 2.45) is 0 Å². The van der Waals surface area contributed by atoms with Gasteiger partial charge in [0.15, 0.2) is 0 Å². The summed E-state index contributed by atoms with van der Waals surface area (Å²) in [4.78, 5) is 2.20. The van der Waals surface area contributed by atoms with Gasteiger partial charge < -0.3 is 10.2 Å². The van der Waals surface area contributed by atoms with Gasteiger partial charge in [0, 0.05) is 19.6 Å². The Labute approximate surface area is 123 Å². The summed E-state index contributed by atoms with van der Waals surface area (Å²) >= 11 is 0. The van der Waals surface area contributed by atoms with Crippen LogP contribution in [0.4, 0.5) is 15.8 Å². The van der Waals surface area contributed by atoms with Crippen LogP contribution in [0.25, 0.3) is 0 Å². The molecule has 2 aromatic carbocycles. The number of para-hydroxylation sites is 2. The van der Waals surface area contributed by atoms with Crippen molar-refractivity contribution in [2.75, 3.05) is 23.3 Å². The molecule has 0 aromatic heterocycles. The maximum atomic E-state index is 13.5. The largest absolute Gasteiger partial charge is 0.383 e. The lowest BCUT2D eigenvalue weighted by atomic mass is 10.1. The molecule has 0 saturated heterocycles. The summed E-state index contributed by atoms with van der Waals surface area (Å²) in [5.74, 6) is -0.301. The zero-order valence-electron chi connectivity index (χ0n) is 11.6. The van der Waals surface area contributed by atoms with Crippen LogP contribution in [0, 0.1) is 17.1 Å². The molecule has 1 N–H and O–H groups in total. The van der Waals surface area contributed by atoms with Crippen molar-refractivity contribution in [3.63, 3.8) is 0 Å². The topological polar surface area (TPSA) is 39.1 Å². The fourth-order valence-corrected chi connectivity index (χ4v) is 2.68. The Kier molecular flexibility index (Phi) is 3.74. The molecular formula is C17H16FN3. The molecule has 0 bridgehead atoms. The first kappa shape index (κ1) is 13.4. The molecule has 2 aromatic rings. The highest BCUT2D eigenvalue weighted by Crippen LogP contribution is 2.29. The molecule has 21 heavy (non-hydrogen) atoms. The molecule has 1 aliphatic heterocycles. The van der Waals surface area contributed by atoms with E-state index >= 15 is 0 Å². The summed E-state index contributed by atoms with van der Waals surface area (Å²) in [5, 5.41) is 12.6. The fourth-order valence-electron chi connectivity index (χ4n) is 2.68. The van der Waals surface area contributed by atoms with E-state index < -0.39 is 0 Å². The molecule has 3 nitrogen and oxygen atoms in total. The molecule has 4 heteroatoms. The minimum atomic E-state index is -0.301. The molecule has 0 fully saturated rings. The molecule has 106 valence electrons. The van der Waals surface area contributed by atoms with E-state index in [0.717, 1.165) is 36.4 Å². The van der Waals surface area contributed by atoms with Crippen LogP contribution < -0.4 is 10.2 Å². The molecule has 1 aliphatic rings. The zero-order valence-corrected chi connectivity index (χ0v) is 11.6. The number of nitrogens with zero attached hydrogens (tertiary/aromatic N) is 2. The second kappa shape index (κ2) is 5.84. The molecular weight excluding hydrogens is 265 g/mol. The third-order valence-corrected chi connectivity index (χ3v) is 3.71. The average molecular weight is 281 g/mol. The first-order valence-electron chi connectivity index (χ1n) is 7.04. The van der Waals surface area contributed by atoms with Gasteiger partial charge in [0.2, 0.25) is 0 Å². The van der Waals surface area contributed by atoms with E-state index in [1.54, 1.807) is 6.07 Å². The van der Waals surface area contributed by atoms with Gasteiger partial charge >= 0.3 is 0 Å². The minimum absolute atomic E-state index is 0.301. The van der Waals surface area contributed by atoms with Gasteiger partial charge in [-0.1, -0.05) is 12.1 Å². The molecule has 0 saturated carbocycles. The molecule has 0 unspecified atom stereocenters. The second-order valence-electron chi connectivity index (χ2n) is 5.13. The summed E-state index contributed by atoms with van der Waals surface area (Å²) in [7, 11) is 0. The quantitative estimate of drug-likeness (QED) is 0.915. The third kappa shape index (κ3) is 2.82. The van der Waals surface area contributed by atoms with Gasteiger partial charge in [-0.25, -0.2) is 4.39 Å². The molecule has 0 spiro atoms. The predicted molar refractivity (Wildman–Crippen MR) is 81.7 cm³/mol. The van der Waals surface area contributed by atoms with Gasteiger partial charge in [-0.05, 0) is 42.3 Å². The van der Waals surface area contributed by atoms with Crippen LogP contribution in [-0.4, -0.2) is 13.1 Å². The number of benzene rings is 2. The van der Waals surface area contributed by atoms with Gasteiger partial charge in [-0.2, -0.15) is 5.26 Å². The SMILES string of the molecule is N#Cc1ccc(F)cc1CN1CCCNc2ccccc21. The standard InChI is InChI=1S/C17H16FN3/c18-15-7-6-13(11-19)14(10-15)12-21-9-3-8-20-16-4-1-2-5-17(16)21/h1-2,4-7,10,20H,3,8-9,12H2. The Bertz CT molecular complexity index is 691. The summed E-state index contributed by atoms with van der Waals surface area (Å²) < 4.78 is 13.5. The van der Waals surface area contributed by atoms with Gasteiger partial charge in [-0.15, -0.1) is 0 Å². The van der Waals surface area contributed by atoms with Crippen LogP contribution in [-0.2, 0) is 6.54 Å². The fraction of sp³-hybridized carbons (Fsp3) is 0.235. The maximum Gasteiger partial charge on any atom is 0.123 e. The van der Waals surface area contributed by atoms with Crippen LogP contribution in [0.3, 0.4) is 0 Å². The number of fused-ring (bicyclic) bond motifs is 1. The Hall–Kier alpha value is -2.54. The highest BCUT2D eigenvalue weighted by Gasteiger charge is 2.16. The summed E-state index contributed by atoms with van der Waals surface area (Å²) in [5.41, 5.74) is 3.45. The lowest BCUT2D eigenvalue weighted by molar-refractivity contribution is 0.624. The number of anilines is 2. The van der Waals surface area contributed by atoms with Crippen LogP contribution >= 0.6 is 0 Å². The second-order valence-corrected chi connectivity index (χ2v) is 5.13. The maximum absolute atomic E-state index is 13.5. The van der Waals surface area contributed by atoms with E-state index in [4.69, 9.17) is 0 Å². The van der Waals surface area contributed by atoms with E-state index in [9.17, 15) is 9.65 Å². The van der Waals surface area contributed by atoms with Crippen molar-refractivity contribution in [3.8, 4) is 6.07 Å². The molecule has 0 radical (unpaired) electrons. The Balaban J connectivity index is 1.95. The number of hydrogen-bond donors (Lipinski definition) is 1. The summed E-state index contributed by atoms with van der Waals surface area (Å²) in [6.45, 7) is 2.34. The zero-order chi connectivity index (χ0) is 14.7. The van der Waals surface area contributed by atoms with Crippen molar-refractivity contribution < 1.29 is 4.39 Å². The van der Waals surface area contributed by atoms with Crippen molar-refractivity contribution in [2.45, 2.75) is 13.0 Å². The number of nitrogens with one attached hydrogen (secondary N) is 1. The number of halogens is 1. The highest BCUT2D eigenvalue weighted by atomic mass is 19.1. The Morgan fingerprint density at radius 1 is 1.24 bits per heavy atom. The molecule has 0 atom stereocenters. The van der Waals surface area contributed by atoms with Crippen LogP contribution in [0.2, 0.25) is 0 Å². The van der Waals surface area contributed by atoms with Gasteiger partial charge in [0.25, 0.3) is 0 Å². The van der Waals surface area contributed by atoms with Crippen molar-refractivity contribution in [3.05, 3.63) is 59.4 Å². The van der Waals surface area contributed by atoms with E-state index in [2.05, 4.69) is 22.4 Å². The monoisotopic (exact) mass is 281 g/mol. The lowest BCUT2D eigenvalue weighted by Crippen LogP contribution is -2.23. The summed E-state index contributed by atoms with van der Waals surface area (Å²) in [6.07, 6.45) is 1.01. The normalized spacial score (nSPS) is 13.8. The first-order valence-corrected chi connectivity index (χ1v) is 7.04. The van der Waals surface area contributed by atoms with Crippen LogP contribution in [0.15, 0.2) is 42.5 Å². The minimum Gasteiger partial charge on any atom is -0.383 e. The van der Waals surface area contributed by atoms with Gasteiger partial charge in [0.1, 0.15) is 5.82 Å². The van der Waals surface area contributed by atoms with E-state index in [1.807, 2.05) is 18.2 Å². The Morgan fingerprint density at radius 3 is 2.95 bits per heavy atom. The molecule has 3 rings (SSSR count). The van der Waals surface area contributed by atoms with E-state index in [0.29, 0.717) is 12.1 Å². The smallest absolute Gasteiger partial charge is 0.123 e. The van der Waals surface area contributed by atoms with E-state index in [1.165, 1.54) is 12.1 Å². The molecule has 0 aliphatic carbocycles. The lowest BCUT2D eigenvalue weighted by Gasteiger charge is -2.25. The van der Waals surface area contributed by atoms with Crippen molar-refractivity contribution in [1.82, 2.24) is 0 Å². The molecule has 1 heterocycles. The van der Waals surface area contributed by atoms with E-state index in [-0.39, 0.29) is 5.82 Å². The first-order chi connectivity index (χ1) is 10.3. The number of rotatable bonds is 2. The van der Waals surface area contributed by atoms with Crippen LogP contribution in [0.1, 0.15) is 17.5 Å². The summed E-state index contributed by atoms with van der Waals surface area (Å²) in [6, 6.07) is 14.6. The average Bonchev–Trinajstić information content (AvgIpc) is 2.70. The third-order valence-electron chi connectivity index (χ3n) is 3.71. The number of hydrogen-bond acceptors (Lipinski definition) is 3. The van der Waals surface area contributed by atoms with Crippen molar-refractivity contribution in [1.29, 1.82) is 5.26 Å².